The van der Waals surface area contributed by atoms with Crippen LogP contribution in [0.4, 0.5) is 0 Å². The zero-order valence-electron chi connectivity index (χ0n) is 11.9. The number of aliphatic hydroxyl groups is 1. The molecule has 1 saturated heterocycles. The lowest BCUT2D eigenvalue weighted by atomic mass is 9.94. The minimum absolute atomic E-state index is 0.00807. The van der Waals surface area contributed by atoms with Gasteiger partial charge in [-0.05, 0) is 31.1 Å². The molecule has 0 aromatic heterocycles. The van der Waals surface area contributed by atoms with Crippen molar-refractivity contribution in [3.05, 3.63) is 0 Å². The summed E-state index contributed by atoms with van der Waals surface area (Å²) in [5, 5.41) is 9.04. The van der Waals surface area contributed by atoms with Gasteiger partial charge in [0, 0.05) is 19.2 Å². The highest BCUT2D eigenvalue weighted by molar-refractivity contribution is 7.89. The predicted molar refractivity (Wildman–Crippen MR) is 73.9 cm³/mol. The Kier molecular flexibility index (Phi) is 5.62. The van der Waals surface area contributed by atoms with Crippen molar-refractivity contribution in [3.63, 3.8) is 0 Å². The van der Waals surface area contributed by atoms with E-state index in [-0.39, 0.29) is 23.8 Å². The predicted octanol–water partition coefficient (Wildman–Crippen LogP) is 1.99. The van der Waals surface area contributed by atoms with Gasteiger partial charge in [-0.15, -0.1) is 0 Å². The summed E-state index contributed by atoms with van der Waals surface area (Å²) in [5.74, 6) is 0.221. The second-order valence-corrected chi connectivity index (χ2v) is 8.44. The Balaban J connectivity index is 2.69. The smallest absolute Gasteiger partial charge is 0.214 e. The second-order valence-electron chi connectivity index (χ2n) is 6.40. The Morgan fingerprint density at radius 3 is 2.50 bits per heavy atom. The molecule has 18 heavy (non-hydrogen) atoms. The molecule has 5 heteroatoms. The van der Waals surface area contributed by atoms with Crippen LogP contribution >= 0.6 is 0 Å². The van der Waals surface area contributed by atoms with Gasteiger partial charge in [0.1, 0.15) is 0 Å². The lowest BCUT2D eigenvalue weighted by Crippen LogP contribution is -2.45. The third-order valence-electron chi connectivity index (χ3n) is 3.50. The van der Waals surface area contributed by atoms with Crippen LogP contribution in [0, 0.1) is 5.41 Å². The average molecular weight is 277 g/mol. The molecule has 1 N–H and O–H groups in total. The number of hydrogen-bond donors (Lipinski definition) is 1. The third-order valence-corrected chi connectivity index (χ3v) is 5.42. The lowest BCUT2D eigenvalue weighted by Gasteiger charge is -2.35. The van der Waals surface area contributed by atoms with Gasteiger partial charge >= 0.3 is 0 Å². The third kappa shape index (κ3) is 4.86. The Morgan fingerprint density at radius 2 is 1.94 bits per heavy atom. The molecule has 0 aliphatic carbocycles. The Morgan fingerprint density at radius 1 is 1.28 bits per heavy atom. The molecule has 0 bridgehead atoms. The van der Waals surface area contributed by atoms with E-state index in [9.17, 15) is 8.42 Å². The Labute approximate surface area is 111 Å². The van der Waals surface area contributed by atoms with Crippen LogP contribution in [0.5, 0.6) is 0 Å². The molecule has 1 rings (SSSR count). The zero-order chi connectivity index (χ0) is 13.8. The fraction of sp³-hybridized carbons (Fsp3) is 1.00. The van der Waals surface area contributed by atoms with E-state index in [2.05, 4.69) is 20.8 Å². The van der Waals surface area contributed by atoms with Crippen molar-refractivity contribution in [1.29, 1.82) is 0 Å². The van der Waals surface area contributed by atoms with Crippen molar-refractivity contribution < 1.29 is 13.5 Å². The number of aliphatic hydroxyl groups excluding tert-OH is 1. The van der Waals surface area contributed by atoms with Crippen LogP contribution in [-0.4, -0.2) is 42.8 Å². The molecule has 0 aromatic rings. The van der Waals surface area contributed by atoms with Crippen molar-refractivity contribution in [2.75, 3.05) is 18.9 Å². The Bertz CT molecular complexity index is 344. The first-order chi connectivity index (χ1) is 8.26. The molecular formula is C13H27NO3S. The van der Waals surface area contributed by atoms with E-state index in [1.165, 1.54) is 0 Å². The molecule has 1 atom stereocenters. The standard InChI is InChI=1S/C13H27NO3S/c1-13(2,3)8-11-18(16,17)14-9-5-4-6-12(14)7-10-15/h12,15H,4-11H2,1-3H3. The fourth-order valence-corrected chi connectivity index (χ4v) is 4.51. The van der Waals surface area contributed by atoms with E-state index in [0.717, 1.165) is 19.3 Å². The SMILES string of the molecule is CC(C)(C)CCS(=O)(=O)N1CCCCC1CCO. The van der Waals surface area contributed by atoms with Crippen LogP contribution < -0.4 is 0 Å². The molecule has 1 aliphatic heterocycles. The molecule has 4 nitrogen and oxygen atoms in total. The maximum absolute atomic E-state index is 12.4. The van der Waals surface area contributed by atoms with Crippen molar-refractivity contribution in [2.24, 2.45) is 5.41 Å². The quantitative estimate of drug-likeness (QED) is 0.836. The van der Waals surface area contributed by atoms with E-state index in [4.69, 9.17) is 5.11 Å². The summed E-state index contributed by atoms with van der Waals surface area (Å²) < 4.78 is 26.4. The van der Waals surface area contributed by atoms with Gasteiger partial charge in [-0.3, -0.25) is 0 Å². The second kappa shape index (κ2) is 6.35. The van der Waals surface area contributed by atoms with Gasteiger partial charge in [-0.25, -0.2) is 8.42 Å². The number of piperidine rings is 1. The number of hydrogen-bond acceptors (Lipinski definition) is 3. The van der Waals surface area contributed by atoms with Crippen LogP contribution in [0.15, 0.2) is 0 Å². The summed E-state index contributed by atoms with van der Waals surface area (Å²) in [4.78, 5) is 0. The summed E-state index contributed by atoms with van der Waals surface area (Å²) in [6.45, 7) is 6.87. The summed E-state index contributed by atoms with van der Waals surface area (Å²) in [5.41, 5.74) is 0.0370. The van der Waals surface area contributed by atoms with Crippen molar-refractivity contribution in [1.82, 2.24) is 4.31 Å². The highest BCUT2D eigenvalue weighted by Gasteiger charge is 2.32. The first-order valence-corrected chi connectivity index (χ1v) is 8.47. The molecule has 0 aromatic carbocycles. The van der Waals surface area contributed by atoms with Crippen molar-refractivity contribution in [2.45, 2.75) is 58.9 Å². The summed E-state index contributed by atoms with van der Waals surface area (Å²) in [6, 6.07) is 0.00807. The summed E-state index contributed by atoms with van der Waals surface area (Å²) >= 11 is 0. The largest absolute Gasteiger partial charge is 0.396 e. The Hall–Kier alpha value is -0.130. The maximum atomic E-state index is 12.4. The van der Waals surface area contributed by atoms with E-state index in [1.54, 1.807) is 4.31 Å². The van der Waals surface area contributed by atoms with Crippen LogP contribution in [0.3, 0.4) is 0 Å². The molecule has 1 fully saturated rings. The van der Waals surface area contributed by atoms with Crippen molar-refractivity contribution in [3.8, 4) is 0 Å². The molecule has 0 radical (unpaired) electrons. The van der Waals surface area contributed by atoms with E-state index < -0.39 is 10.0 Å². The fourth-order valence-electron chi connectivity index (χ4n) is 2.33. The number of rotatable bonds is 5. The van der Waals surface area contributed by atoms with Gasteiger partial charge in [-0.2, -0.15) is 4.31 Å². The first kappa shape index (κ1) is 15.9. The number of nitrogens with zero attached hydrogens (tertiary/aromatic N) is 1. The zero-order valence-corrected chi connectivity index (χ0v) is 12.7. The summed E-state index contributed by atoms with van der Waals surface area (Å²) in [6.07, 6.45) is 4.13. The van der Waals surface area contributed by atoms with Crippen LogP contribution in [0.1, 0.15) is 52.9 Å². The highest BCUT2D eigenvalue weighted by atomic mass is 32.2. The molecule has 1 heterocycles. The van der Waals surface area contributed by atoms with Gasteiger partial charge in [0.05, 0.1) is 5.75 Å². The van der Waals surface area contributed by atoms with E-state index in [0.29, 0.717) is 19.4 Å². The monoisotopic (exact) mass is 277 g/mol. The summed E-state index contributed by atoms with van der Waals surface area (Å²) in [7, 11) is -3.17. The van der Waals surface area contributed by atoms with Crippen LogP contribution in [0.25, 0.3) is 0 Å². The molecule has 0 amide bonds. The minimum Gasteiger partial charge on any atom is -0.396 e. The number of sulfonamides is 1. The van der Waals surface area contributed by atoms with Gasteiger partial charge in [-0.1, -0.05) is 27.2 Å². The van der Waals surface area contributed by atoms with Gasteiger partial charge in [0.15, 0.2) is 0 Å². The molecule has 1 unspecified atom stereocenters. The van der Waals surface area contributed by atoms with Crippen LogP contribution in [0.2, 0.25) is 0 Å². The molecule has 0 spiro atoms. The molecular weight excluding hydrogens is 250 g/mol. The lowest BCUT2D eigenvalue weighted by molar-refractivity contribution is 0.192. The van der Waals surface area contributed by atoms with E-state index in [1.807, 2.05) is 0 Å². The normalized spacial score (nSPS) is 23.2. The minimum atomic E-state index is -3.17. The van der Waals surface area contributed by atoms with Gasteiger partial charge < -0.3 is 5.11 Å². The van der Waals surface area contributed by atoms with Crippen molar-refractivity contribution >= 4 is 10.0 Å². The molecule has 108 valence electrons. The highest BCUT2D eigenvalue weighted by Crippen LogP contribution is 2.26. The van der Waals surface area contributed by atoms with Crippen LogP contribution in [-0.2, 0) is 10.0 Å². The molecule has 1 aliphatic rings. The van der Waals surface area contributed by atoms with Gasteiger partial charge in [0.2, 0.25) is 10.0 Å². The first-order valence-electron chi connectivity index (χ1n) is 6.87. The van der Waals surface area contributed by atoms with Gasteiger partial charge in [0.25, 0.3) is 0 Å². The van der Waals surface area contributed by atoms with E-state index >= 15 is 0 Å². The topological polar surface area (TPSA) is 57.6 Å². The maximum Gasteiger partial charge on any atom is 0.214 e. The average Bonchev–Trinajstić information content (AvgIpc) is 2.27. The molecule has 0 saturated carbocycles.